The maximum atomic E-state index is 12.7. The van der Waals surface area contributed by atoms with E-state index >= 15 is 0 Å². The molecule has 6 nitrogen and oxygen atoms in total. The van der Waals surface area contributed by atoms with Gasteiger partial charge in [0.1, 0.15) is 0 Å². The number of amides is 1. The van der Waals surface area contributed by atoms with Crippen molar-refractivity contribution in [3.8, 4) is 0 Å². The van der Waals surface area contributed by atoms with Crippen molar-refractivity contribution in [2.24, 2.45) is 5.41 Å². The first-order chi connectivity index (χ1) is 9.69. The largest absolute Gasteiger partial charge is 0.399 e. The van der Waals surface area contributed by atoms with Crippen LogP contribution in [0.4, 0.5) is 5.69 Å². The summed E-state index contributed by atoms with van der Waals surface area (Å²) in [6, 6.07) is 4.77. The summed E-state index contributed by atoms with van der Waals surface area (Å²) >= 11 is 0. The molecule has 1 aliphatic heterocycles. The summed E-state index contributed by atoms with van der Waals surface area (Å²) in [6.07, 6.45) is 0.507. The van der Waals surface area contributed by atoms with Gasteiger partial charge in [-0.25, -0.2) is 8.42 Å². The number of hydrogen-bond acceptors (Lipinski definition) is 4. The lowest BCUT2D eigenvalue weighted by Crippen LogP contribution is -2.40. The standard InChI is InChI=1S/C14H21N3O3S/c1-10-6-11(15)8-12(7-10)21(19,20)17-5-4-14(2,9-17)13(18)16-3/h6-8H,4-5,9,15H2,1-3H3,(H,16,18). The van der Waals surface area contributed by atoms with Crippen molar-refractivity contribution in [2.45, 2.75) is 25.2 Å². The van der Waals surface area contributed by atoms with Crippen molar-refractivity contribution >= 4 is 21.6 Å². The molecule has 1 aliphatic rings. The van der Waals surface area contributed by atoms with E-state index < -0.39 is 15.4 Å². The van der Waals surface area contributed by atoms with Crippen LogP contribution in [0.15, 0.2) is 23.1 Å². The van der Waals surface area contributed by atoms with Crippen LogP contribution >= 0.6 is 0 Å². The van der Waals surface area contributed by atoms with Crippen LogP contribution in [-0.2, 0) is 14.8 Å². The Morgan fingerprint density at radius 1 is 1.38 bits per heavy atom. The summed E-state index contributed by atoms with van der Waals surface area (Å²) in [5.74, 6) is -0.135. The van der Waals surface area contributed by atoms with E-state index in [0.717, 1.165) is 5.56 Å². The zero-order valence-corrected chi connectivity index (χ0v) is 13.3. The minimum atomic E-state index is -3.62. The highest BCUT2D eigenvalue weighted by molar-refractivity contribution is 7.89. The predicted molar refractivity (Wildman–Crippen MR) is 81.1 cm³/mol. The first kappa shape index (κ1) is 15.8. The second-order valence-electron chi connectivity index (χ2n) is 5.81. The normalized spacial score (nSPS) is 23.2. The van der Waals surface area contributed by atoms with Crippen LogP contribution in [0, 0.1) is 12.3 Å². The number of rotatable bonds is 3. The Hall–Kier alpha value is -1.60. The number of hydrogen-bond donors (Lipinski definition) is 2. The van der Waals surface area contributed by atoms with Gasteiger partial charge in [0, 0.05) is 25.8 Å². The molecule has 0 aromatic heterocycles. The van der Waals surface area contributed by atoms with E-state index in [2.05, 4.69) is 5.32 Å². The first-order valence-electron chi connectivity index (χ1n) is 6.78. The Morgan fingerprint density at radius 3 is 2.62 bits per heavy atom. The van der Waals surface area contributed by atoms with E-state index in [4.69, 9.17) is 5.73 Å². The van der Waals surface area contributed by atoms with Gasteiger partial charge >= 0.3 is 0 Å². The molecule has 1 atom stereocenters. The van der Waals surface area contributed by atoms with Crippen LogP contribution < -0.4 is 11.1 Å². The van der Waals surface area contributed by atoms with E-state index in [9.17, 15) is 13.2 Å². The number of nitrogens with one attached hydrogen (secondary N) is 1. The fourth-order valence-corrected chi connectivity index (χ4v) is 4.39. The van der Waals surface area contributed by atoms with Crippen molar-refractivity contribution in [3.63, 3.8) is 0 Å². The van der Waals surface area contributed by atoms with Gasteiger partial charge in [-0.2, -0.15) is 4.31 Å². The Labute approximate surface area is 125 Å². The minimum Gasteiger partial charge on any atom is -0.399 e. The minimum absolute atomic E-state index is 0.135. The smallest absolute Gasteiger partial charge is 0.243 e. The van der Waals surface area contributed by atoms with Crippen LogP contribution in [0.3, 0.4) is 0 Å². The summed E-state index contributed by atoms with van der Waals surface area (Å²) < 4.78 is 26.7. The van der Waals surface area contributed by atoms with Crippen LogP contribution in [0.5, 0.6) is 0 Å². The highest BCUT2D eigenvalue weighted by Gasteiger charge is 2.44. The number of aryl methyl sites for hydroxylation is 1. The zero-order chi connectivity index (χ0) is 15.8. The van der Waals surface area contributed by atoms with Gasteiger partial charge in [-0.15, -0.1) is 0 Å². The molecular formula is C14H21N3O3S. The molecule has 2 rings (SSSR count). The van der Waals surface area contributed by atoms with E-state index in [-0.39, 0.29) is 17.3 Å². The van der Waals surface area contributed by atoms with Crippen molar-refractivity contribution < 1.29 is 13.2 Å². The number of benzene rings is 1. The molecule has 1 fully saturated rings. The number of nitrogen functional groups attached to an aromatic ring is 1. The average molecular weight is 311 g/mol. The molecule has 0 spiro atoms. The summed E-state index contributed by atoms with van der Waals surface area (Å²) in [7, 11) is -2.06. The highest BCUT2D eigenvalue weighted by atomic mass is 32.2. The molecule has 1 heterocycles. The molecule has 3 N–H and O–H groups in total. The fourth-order valence-electron chi connectivity index (χ4n) is 2.69. The predicted octanol–water partition coefficient (Wildman–Crippen LogP) is 0.724. The maximum absolute atomic E-state index is 12.7. The molecule has 1 unspecified atom stereocenters. The topological polar surface area (TPSA) is 92.5 Å². The SMILES string of the molecule is CNC(=O)C1(C)CCN(S(=O)(=O)c2cc(C)cc(N)c2)C1. The zero-order valence-electron chi connectivity index (χ0n) is 12.5. The third kappa shape index (κ3) is 2.89. The van der Waals surface area contributed by atoms with Crippen LogP contribution in [0.2, 0.25) is 0 Å². The van der Waals surface area contributed by atoms with Crippen molar-refractivity contribution in [2.75, 3.05) is 25.9 Å². The molecular weight excluding hydrogens is 290 g/mol. The number of carbonyl (C=O) groups excluding carboxylic acids is 1. The number of nitrogens with two attached hydrogens (primary N) is 1. The van der Waals surface area contributed by atoms with Gasteiger partial charge in [0.25, 0.3) is 0 Å². The molecule has 0 radical (unpaired) electrons. The monoisotopic (exact) mass is 311 g/mol. The summed E-state index contributed by atoms with van der Waals surface area (Å²) in [5.41, 5.74) is 6.26. The lowest BCUT2D eigenvalue weighted by atomic mass is 9.89. The summed E-state index contributed by atoms with van der Waals surface area (Å²) in [5, 5.41) is 2.60. The molecule has 1 aromatic carbocycles. The Kier molecular flexibility index (Phi) is 3.99. The Morgan fingerprint density at radius 2 is 2.05 bits per heavy atom. The fraction of sp³-hybridized carbons (Fsp3) is 0.500. The lowest BCUT2D eigenvalue weighted by molar-refractivity contribution is -0.128. The van der Waals surface area contributed by atoms with Gasteiger partial charge in [0.05, 0.1) is 10.3 Å². The molecule has 21 heavy (non-hydrogen) atoms. The second kappa shape index (κ2) is 5.31. The Balaban J connectivity index is 2.32. The van der Waals surface area contributed by atoms with E-state index in [1.165, 1.54) is 10.4 Å². The van der Waals surface area contributed by atoms with E-state index in [0.29, 0.717) is 18.7 Å². The molecule has 1 aromatic rings. The van der Waals surface area contributed by atoms with Gasteiger partial charge in [0.2, 0.25) is 15.9 Å². The third-order valence-corrected chi connectivity index (χ3v) is 5.75. The van der Waals surface area contributed by atoms with Crippen molar-refractivity contribution in [1.82, 2.24) is 9.62 Å². The van der Waals surface area contributed by atoms with Crippen molar-refractivity contribution in [1.29, 1.82) is 0 Å². The third-order valence-electron chi connectivity index (χ3n) is 3.92. The van der Waals surface area contributed by atoms with E-state index in [1.54, 1.807) is 33.0 Å². The quantitative estimate of drug-likeness (QED) is 0.805. The van der Waals surface area contributed by atoms with Gasteiger partial charge in [-0.05, 0) is 44.0 Å². The summed E-state index contributed by atoms with van der Waals surface area (Å²) in [6.45, 7) is 4.10. The summed E-state index contributed by atoms with van der Waals surface area (Å²) in [4.78, 5) is 12.1. The van der Waals surface area contributed by atoms with Gasteiger partial charge in [0.15, 0.2) is 0 Å². The van der Waals surface area contributed by atoms with Crippen LogP contribution in [-0.4, -0.2) is 38.8 Å². The number of nitrogens with zero attached hydrogens (tertiary/aromatic N) is 1. The number of carbonyl (C=O) groups is 1. The molecule has 0 aliphatic carbocycles. The molecule has 0 saturated carbocycles. The highest BCUT2D eigenvalue weighted by Crippen LogP contribution is 2.34. The molecule has 0 bridgehead atoms. The first-order valence-corrected chi connectivity index (χ1v) is 8.22. The molecule has 116 valence electrons. The van der Waals surface area contributed by atoms with Gasteiger partial charge in [-0.3, -0.25) is 4.79 Å². The van der Waals surface area contributed by atoms with E-state index in [1.807, 2.05) is 0 Å². The average Bonchev–Trinajstić information content (AvgIpc) is 2.81. The maximum Gasteiger partial charge on any atom is 0.243 e. The van der Waals surface area contributed by atoms with Crippen LogP contribution in [0.1, 0.15) is 18.9 Å². The molecule has 7 heteroatoms. The number of anilines is 1. The van der Waals surface area contributed by atoms with Gasteiger partial charge in [-0.1, -0.05) is 0 Å². The molecule has 1 amide bonds. The van der Waals surface area contributed by atoms with Gasteiger partial charge < -0.3 is 11.1 Å². The van der Waals surface area contributed by atoms with Crippen LogP contribution in [0.25, 0.3) is 0 Å². The lowest BCUT2D eigenvalue weighted by Gasteiger charge is -2.22. The molecule has 1 saturated heterocycles. The Bertz CT molecular complexity index is 652. The number of sulfonamides is 1. The van der Waals surface area contributed by atoms with Crippen molar-refractivity contribution in [3.05, 3.63) is 23.8 Å². The second-order valence-corrected chi connectivity index (χ2v) is 7.75.